The first-order valence-corrected chi connectivity index (χ1v) is 4.94. The Labute approximate surface area is 85.7 Å². The lowest BCUT2D eigenvalue weighted by atomic mass is 10.2. The lowest BCUT2D eigenvalue weighted by Crippen LogP contribution is -2.24. The highest BCUT2D eigenvalue weighted by Crippen LogP contribution is 2.30. The molecule has 6 heteroatoms. The second-order valence-corrected chi connectivity index (χ2v) is 3.81. The van der Waals surface area contributed by atoms with Gasteiger partial charge in [0, 0.05) is 6.04 Å². The van der Waals surface area contributed by atoms with E-state index in [0.29, 0.717) is 0 Å². The molecule has 0 unspecified atom stereocenters. The minimum Gasteiger partial charge on any atom is -0.476 e. The first-order chi connectivity index (χ1) is 7.11. The number of carboxylic acid groups (broad SMARTS) is 1. The van der Waals surface area contributed by atoms with Crippen molar-refractivity contribution in [1.29, 1.82) is 0 Å². The van der Waals surface area contributed by atoms with Gasteiger partial charge >= 0.3 is 11.7 Å². The van der Waals surface area contributed by atoms with Crippen LogP contribution in [0.2, 0.25) is 0 Å². The summed E-state index contributed by atoms with van der Waals surface area (Å²) in [6.07, 6.45) is 3.75. The molecule has 1 aliphatic carbocycles. The predicted octanol–water partition coefficient (Wildman–Crippen LogP) is 0.572. The largest absolute Gasteiger partial charge is 0.476 e. The summed E-state index contributed by atoms with van der Waals surface area (Å²) in [5.41, 5.74) is 4.93. The zero-order chi connectivity index (χ0) is 11.0. The van der Waals surface area contributed by atoms with E-state index in [4.69, 9.17) is 10.8 Å². The Morgan fingerprint density at radius 2 is 2.07 bits per heavy atom. The summed E-state index contributed by atoms with van der Waals surface area (Å²) in [5, 5.41) is 8.96. The molecule has 2 rings (SSSR count). The van der Waals surface area contributed by atoms with Crippen LogP contribution in [0, 0.1) is 0 Å². The Balaban J connectivity index is 2.53. The van der Waals surface area contributed by atoms with Crippen molar-refractivity contribution in [3.05, 3.63) is 16.2 Å². The smallest absolute Gasteiger partial charge is 0.356 e. The van der Waals surface area contributed by atoms with Crippen LogP contribution in [0.25, 0.3) is 0 Å². The van der Waals surface area contributed by atoms with Crippen molar-refractivity contribution in [2.75, 3.05) is 5.73 Å². The number of carboxylic acids is 1. The van der Waals surface area contributed by atoms with Crippen LogP contribution in [0.1, 0.15) is 42.2 Å². The van der Waals surface area contributed by atoms with E-state index in [2.05, 4.69) is 4.98 Å². The third kappa shape index (κ3) is 1.51. The van der Waals surface area contributed by atoms with E-state index in [1.807, 2.05) is 0 Å². The number of aromatic amines is 1. The number of rotatable bonds is 2. The molecule has 1 fully saturated rings. The van der Waals surface area contributed by atoms with Gasteiger partial charge in [0.15, 0.2) is 5.69 Å². The fourth-order valence-corrected chi connectivity index (χ4v) is 2.20. The van der Waals surface area contributed by atoms with Gasteiger partial charge < -0.3 is 10.8 Å². The van der Waals surface area contributed by atoms with Gasteiger partial charge in [-0.15, -0.1) is 0 Å². The van der Waals surface area contributed by atoms with E-state index in [-0.39, 0.29) is 17.6 Å². The summed E-state index contributed by atoms with van der Waals surface area (Å²) in [4.78, 5) is 24.8. The minimum atomic E-state index is -1.15. The molecule has 1 heterocycles. The summed E-state index contributed by atoms with van der Waals surface area (Å²) in [6, 6.07) is -0.0165. The Morgan fingerprint density at radius 3 is 2.60 bits per heavy atom. The molecule has 1 aromatic heterocycles. The molecule has 0 amide bonds. The quantitative estimate of drug-likeness (QED) is 0.665. The third-order valence-electron chi connectivity index (χ3n) is 2.85. The maximum atomic E-state index is 11.5. The summed E-state index contributed by atoms with van der Waals surface area (Å²) < 4.78 is 1.28. The second-order valence-electron chi connectivity index (χ2n) is 3.81. The Bertz CT molecular complexity index is 440. The normalized spacial score (nSPS) is 17.1. The molecule has 4 N–H and O–H groups in total. The van der Waals surface area contributed by atoms with Crippen LogP contribution >= 0.6 is 0 Å². The fourth-order valence-electron chi connectivity index (χ4n) is 2.20. The van der Waals surface area contributed by atoms with Crippen LogP contribution in [-0.4, -0.2) is 20.6 Å². The number of hydrogen-bond acceptors (Lipinski definition) is 3. The molecule has 1 aromatic rings. The number of hydrogen-bond donors (Lipinski definition) is 3. The van der Waals surface area contributed by atoms with Gasteiger partial charge in [-0.3, -0.25) is 9.55 Å². The average molecular weight is 211 g/mol. The van der Waals surface area contributed by atoms with Crippen molar-refractivity contribution in [3.63, 3.8) is 0 Å². The monoisotopic (exact) mass is 211 g/mol. The molecule has 82 valence electrons. The number of nitrogens with two attached hydrogens (primary N) is 1. The van der Waals surface area contributed by atoms with Crippen molar-refractivity contribution in [1.82, 2.24) is 9.55 Å². The number of aromatic nitrogens is 2. The van der Waals surface area contributed by atoms with E-state index < -0.39 is 11.7 Å². The lowest BCUT2D eigenvalue weighted by Gasteiger charge is -2.11. The summed E-state index contributed by atoms with van der Waals surface area (Å²) >= 11 is 0. The van der Waals surface area contributed by atoms with E-state index in [1.54, 1.807) is 0 Å². The first kappa shape index (κ1) is 9.82. The molecular formula is C9H13N3O3. The second kappa shape index (κ2) is 3.45. The van der Waals surface area contributed by atoms with Crippen molar-refractivity contribution in [2.45, 2.75) is 31.7 Å². The number of carbonyl (C=O) groups is 1. The number of anilines is 1. The summed E-state index contributed by atoms with van der Waals surface area (Å²) in [5.74, 6) is -1.21. The van der Waals surface area contributed by atoms with Crippen LogP contribution in [0.5, 0.6) is 0 Å². The van der Waals surface area contributed by atoms with E-state index in [1.165, 1.54) is 4.57 Å². The minimum absolute atomic E-state index is 0.0165. The van der Waals surface area contributed by atoms with Gasteiger partial charge in [-0.1, -0.05) is 12.8 Å². The maximum Gasteiger partial charge on any atom is 0.356 e. The highest BCUT2D eigenvalue weighted by molar-refractivity contribution is 5.90. The lowest BCUT2D eigenvalue weighted by molar-refractivity contribution is 0.0683. The number of nitrogens with zero attached hydrogens (tertiary/aromatic N) is 1. The number of nitrogens with one attached hydrogen (secondary N) is 1. The highest BCUT2D eigenvalue weighted by Gasteiger charge is 2.26. The van der Waals surface area contributed by atoms with Gasteiger partial charge in [-0.25, -0.2) is 9.59 Å². The molecule has 1 saturated carbocycles. The van der Waals surface area contributed by atoms with Crippen molar-refractivity contribution in [3.8, 4) is 0 Å². The van der Waals surface area contributed by atoms with Crippen molar-refractivity contribution >= 4 is 11.8 Å². The van der Waals surface area contributed by atoms with Crippen LogP contribution in [0.3, 0.4) is 0 Å². The first-order valence-electron chi connectivity index (χ1n) is 4.94. The van der Waals surface area contributed by atoms with Gasteiger partial charge in [0.05, 0.1) is 0 Å². The number of aromatic carboxylic acids is 1. The van der Waals surface area contributed by atoms with Crippen LogP contribution < -0.4 is 11.4 Å². The van der Waals surface area contributed by atoms with Crippen molar-refractivity contribution < 1.29 is 9.90 Å². The summed E-state index contributed by atoms with van der Waals surface area (Å²) in [6.45, 7) is 0. The molecule has 0 atom stereocenters. The Morgan fingerprint density at radius 1 is 1.47 bits per heavy atom. The molecule has 1 aliphatic rings. The topological polar surface area (TPSA) is 101 Å². The Kier molecular flexibility index (Phi) is 2.26. The molecule has 6 nitrogen and oxygen atoms in total. The molecule has 0 spiro atoms. The number of H-pyrrole nitrogens is 1. The van der Waals surface area contributed by atoms with Gasteiger partial charge in [0.1, 0.15) is 5.82 Å². The maximum absolute atomic E-state index is 11.5. The molecule has 0 aliphatic heterocycles. The molecular weight excluding hydrogens is 198 g/mol. The SMILES string of the molecule is Nc1[nH]c(=O)n(C2CCCC2)c1C(=O)O. The Hall–Kier alpha value is -1.72. The van der Waals surface area contributed by atoms with Gasteiger partial charge in [-0.2, -0.15) is 0 Å². The van der Waals surface area contributed by atoms with E-state index in [9.17, 15) is 9.59 Å². The van der Waals surface area contributed by atoms with Crippen LogP contribution in [-0.2, 0) is 0 Å². The molecule has 15 heavy (non-hydrogen) atoms. The standard InChI is InChI=1S/C9H13N3O3/c10-7-6(8(13)14)12(9(15)11-7)5-3-1-2-4-5/h5H,1-4,10H2,(H,11,15)(H,13,14). The van der Waals surface area contributed by atoms with Gasteiger partial charge in [0.2, 0.25) is 0 Å². The third-order valence-corrected chi connectivity index (χ3v) is 2.85. The van der Waals surface area contributed by atoms with Crippen LogP contribution in [0.4, 0.5) is 5.82 Å². The summed E-state index contributed by atoms with van der Waals surface area (Å²) in [7, 11) is 0. The number of imidazole rings is 1. The van der Waals surface area contributed by atoms with E-state index in [0.717, 1.165) is 25.7 Å². The highest BCUT2D eigenvalue weighted by atomic mass is 16.4. The zero-order valence-electron chi connectivity index (χ0n) is 8.19. The number of nitrogen functional groups attached to an aromatic ring is 1. The fraction of sp³-hybridized carbons (Fsp3) is 0.556. The molecule has 0 aromatic carbocycles. The van der Waals surface area contributed by atoms with E-state index >= 15 is 0 Å². The zero-order valence-corrected chi connectivity index (χ0v) is 8.19. The predicted molar refractivity (Wildman–Crippen MR) is 53.9 cm³/mol. The van der Waals surface area contributed by atoms with Crippen LogP contribution in [0.15, 0.2) is 4.79 Å². The molecule has 0 bridgehead atoms. The molecule has 0 saturated heterocycles. The van der Waals surface area contributed by atoms with Crippen molar-refractivity contribution in [2.24, 2.45) is 0 Å². The average Bonchev–Trinajstić information content (AvgIpc) is 2.71. The van der Waals surface area contributed by atoms with Gasteiger partial charge in [0.25, 0.3) is 0 Å². The van der Waals surface area contributed by atoms with Gasteiger partial charge in [-0.05, 0) is 12.8 Å². The molecule has 0 radical (unpaired) electrons.